The summed E-state index contributed by atoms with van der Waals surface area (Å²) < 4.78 is 29.8. The zero-order valence-corrected chi connectivity index (χ0v) is 28.8. The van der Waals surface area contributed by atoms with Crippen LogP contribution in [0.4, 0.5) is 5.69 Å². The number of hydrogen-bond acceptors (Lipinski definition) is 4. The highest BCUT2D eigenvalue weighted by atomic mass is 79.9. The molecule has 0 radical (unpaired) electrons. The second kappa shape index (κ2) is 15.8. The van der Waals surface area contributed by atoms with Crippen LogP contribution < -0.4 is 9.62 Å². The molecule has 0 heterocycles. The molecule has 0 bridgehead atoms. The maximum atomic E-state index is 14.5. The van der Waals surface area contributed by atoms with E-state index in [2.05, 4.69) is 21.2 Å². The van der Waals surface area contributed by atoms with Crippen LogP contribution in [0.15, 0.2) is 112 Å². The molecular weight excluding hydrogens is 697 g/mol. The molecule has 0 aliphatic rings. The van der Waals surface area contributed by atoms with Gasteiger partial charge in [0.25, 0.3) is 10.0 Å². The van der Waals surface area contributed by atoms with Gasteiger partial charge in [-0.05, 0) is 66.9 Å². The first kappa shape index (κ1) is 34.5. The fourth-order valence-corrected chi connectivity index (χ4v) is 6.84. The average molecular weight is 732 g/mol. The lowest BCUT2D eigenvalue weighted by molar-refractivity contribution is -0.140. The molecule has 0 saturated carbocycles. The van der Waals surface area contributed by atoms with Crippen molar-refractivity contribution in [3.63, 3.8) is 0 Å². The number of carbonyl (C=O) groups excluding carboxylic acids is 2. The summed E-state index contributed by atoms with van der Waals surface area (Å²) in [6, 6.07) is 27.9. The molecule has 0 fully saturated rings. The molecule has 0 aromatic heterocycles. The second-order valence-corrected chi connectivity index (χ2v) is 14.2. The van der Waals surface area contributed by atoms with Crippen LogP contribution in [0.2, 0.25) is 10.0 Å². The van der Waals surface area contributed by atoms with Gasteiger partial charge in [-0.1, -0.05) is 107 Å². The third-order valence-electron chi connectivity index (χ3n) is 7.32. The number of hydrogen-bond donors (Lipinski definition) is 1. The van der Waals surface area contributed by atoms with Gasteiger partial charge in [-0.3, -0.25) is 13.9 Å². The van der Waals surface area contributed by atoms with E-state index in [0.717, 1.165) is 9.87 Å². The summed E-state index contributed by atoms with van der Waals surface area (Å²) in [6.45, 7) is 3.28. The zero-order chi connectivity index (χ0) is 32.6. The summed E-state index contributed by atoms with van der Waals surface area (Å²) in [7, 11) is -4.19. The van der Waals surface area contributed by atoms with E-state index in [-0.39, 0.29) is 29.8 Å². The SMILES string of the molecule is CC[C@@H](C)NC(=O)[C@@H](Cc1ccccc1)N(Cc1ccc(Cl)c(Cl)c1)C(=O)CN(c1cccc(Br)c1)S(=O)(=O)c1ccccc1. The molecular formula is C34H34BrCl2N3O4S. The van der Waals surface area contributed by atoms with Crippen LogP contribution in [0.25, 0.3) is 0 Å². The molecule has 4 rings (SSSR count). The van der Waals surface area contributed by atoms with Crippen molar-refractivity contribution in [1.29, 1.82) is 0 Å². The van der Waals surface area contributed by atoms with Gasteiger partial charge in [0.1, 0.15) is 12.6 Å². The van der Waals surface area contributed by atoms with Gasteiger partial charge >= 0.3 is 0 Å². The number of benzene rings is 4. The monoisotopic (exact) mass is 729 g/mol. The first-order chi connectivity index (χ1) is 21.5. The number of amides is 2. The second-order valence-electron chi connectivity index (χ2n) is 10.6. The highest BCUT2D eigenvalue weighted by Gasteiger charge is 2.35. The first-order valence-electron chi connectivity index (χ1n) is 14.4. The van der Waals surface area contributed by atoms with Gasteiger partial charge in [0, 0.05) is 23.5 Å². The summed E-state index contributed by atoms with van der Waals surface area (Å²) in [4.78, 5) is 29.9. The van der Waals surface area contributed by atoms with E-state index in [9.17, 15) is 18.0 Å². The van der Waals surface area contributed by atoms with Gasteiger partial charge < -0.3 is 10.2 Å². The van der Waals surface area contributed by atoms with Crippen molar-refractivity contribution in [3.8, 4) is 0 Å². The molecule has 0 saturated heterocycles. The molecule has 0 aliphatic heterocycles. The first-order valence-corrected chi connectivity index (χ1v) is 17.4. The van der Waals surface area contributed by atoms with Crippen molar-refractivity contribution < 1.29 is 18.0 Å². The Bertz CT molecular complexity index is 1730. The van der Waals surface area contributed by atoms with Gasteiger partial charge in [0.2, 0.25) is 11.8 Å². The van der Waals surface area contributed by atoms with Crippen LogP contribution in [0.5, 0.6) is 0 Å². The van der Waals surface area contributed by atoms with Gasteiger partial charge in [0.15, 0.2) is 0 Å². The lowest BCUT2D eigenvalue weighted by atomic mass is 10.0. The lowest BCUT2D eigenvalue weighted by Crippen LogP contribution is -2.54. The van der Waals surface area contributed by atoms with Gasteiger partial charge in [0.05, 0.1) is 20.6 Å². The normalized spacial score (nSPS) is 12.6. The largest absolute Gasteiger partial charge is 0.352 e. The van der Waals surface area contributed by atoms with Crippen molar-refractivity contribution in [1.82, 2.24) is 10.2 Å². The van der Waals surface area contributed by atoms with E-state index in [1.807, 2.05) is 44.2 Å². The standard InChI is InChI=1S/C34H34BrCl2N3O4S/c1-3-24(2)38-34(42)32(20-25-11-6-4-7-12-25)39(22-26-17-18-30(36)31(37)19-26)33(41)23-40(28-14-10-13-27(35)21-28)45(43,44)29-15-8-5-9-16-29/h4-19,21,24,32H,3,20,22-23H2,1-2H3,(H,38,42)/t24-,32-/m1/s1. The number of carbonyl (C=O) groups is 2. The third-order valence-corrected chi connectivity index (χ3v) is 10.3. The van der Waals surface area contributed by atoms with Crippen LogP contribution in [0, 0.1) is 0 Å². The molecule has 1 N–H and O–H groups in total. The Morgan fingerprint density at radius 3 is 2.13 bits per heavy atom. The lowest BCUT2D eigenvalue weighted by Gasteiger charge is -2.34. The van der Waals surface area contributed by atoms with Crippen LogP contribution in [-0.2, 0) is 32.6 Å². The van der Waals surface area contributed by atoms with E-state index in [1.165, 1.54) is 17.0 Å². The number of anilines is 1. The molecule has 0 spiro atoms. The number of nitrogens with zero attached hydrogens (tertiary/aromatic N) is 2. The summed E-state index contributed by atoms with van der Waals surface area (Å²) in [5, 5.41) is 3.67. The summed E-state index contributed by atoms with van der Waals surface area (Å²) in [6.07, 6.45) is 0.898. The molecule has 2 atom stereocenters. The number of rotatable bonds is 13. The number of nitrogens with one attached hydrogen (secondary N) is 1. The van der Waals surface area contributed by atoms with Crippen molar-refractivity contribution in [3.05, 3.63) is 129 Å². The van der Waals surface area contributed by atoms with Crippen LogP contribution in [-0.4, -0.2) is 43.8 Å². The quantitative estimate of drug-likeness (QED) is 0.154. The van der Waals surface area contributed by atoms with Crippen LogP contribution >= 0.6 is 39.1 Å². The van der Waals surface area contributed by atoms with Crippen molar-refractivity contribution >= 4 is 66.7 Å². The zero-order valence-electron chi connectivity index (χ0n) is 24.9. The van der Waals surface area contributed by atoms with Crippen molar-refractivity contribution in [2.75, 3.05) is 10.8 Å². The number of sulfonamides is 1. The minimum atomic E-state index is -4.19. The Hall–Kier alpha value is -3.37. The molecule has 11 heteroatoms. The molecule has 7 nitrogen and oxygen atoms in total. The molecule has 4 aromatic rings. The van der Waals surface area contributed by atoms with Gasteiger partial charge in [-0.25, -0.2) is 8.42 Å². The predicted octanol–water partition coefficient (Wildman–Crippen LogP) is 7.51. The molecule has 0 unspecified atom stereocenters. The average Bonchev–Trinajstić information content (AvgIpc) is 3.03. The van der Waals surface area contributed by atoms with E-state index in [0.29, 0.717) is 32.2 Å². The van der Waals surface area contributed by atoms with Crippen molar-refractivity contribution in [2.24, 2.45) is 0 Å². The fourth-order valence-electron chi connectivity index (χ4n) is 4.71. The van der Waals surface area contributed by atoms with E-state index in [1.54, 1.807) is 60.7 Å². The Kier molecular flexibility index (Phi) is 12.1. The van der Waals surface area contributed by atoms with Crippen LogP contribution in [0.3, 0.4) is 0 Å². The van der Waals surface area contributed by atoms with Gasteiger partial charge in [-0.15, -0.1) is 0 Å². The Labute approximate surface area is 283 Å². The predicted molar refractivity (Wildman–Crippen MR) is 184 cm³/mol. The maximum absolute atomic E-state index is 14.5. The van der Waals surface area contributed by atoms with E-state index < -0.39 is 28.5 Å². The molecule has 2 amide bonds. The van der Waals surface area contributed by atoms with Crippen LogP contribution in [0.1, 0.15) is 31.4 Å². The Morgan fingerprint density at radius 2 is 1.51 bits per heavy atom. The molecule has 0 aliphatic carbocycles. The minimum Gasteiger partial charge on any atom is -0.352 e. The third kappa shape index (κ3) is 9.10. The maximum Gasteiger partial charge on any atom is 0.264 e. The molecule has 236 valence electrons. The highest BCUT2D eigenvalue weighted by molar-refractivity contribution is 9.10. The smallest absolute Gasteiger partial charge is 0.264 e. The van der Waals surface area contributed by atoms with E-state index in [4.69, 9.17) is 23.2 Å². The highest BCUT2D eigenvalue weighted by Crippen LogP contribution is 2.28. The Morgan fingerprint density at radius 1 is 0.844 bits per heavy atom. The Balaban J connectivity index is 1.82. The molecule has 4 aromatic carbocycles. The molecule has 45 heavy (non-hydrogen) atoms. The van der Waals surface area contributed by atoms with Crippen molar-refractivity contribution in [2.45, 2.75) is 50.2 Å². The minimum absolute atomic E-state index is 0.0150. The summed E-state index contributed by atoms with van der Waals surface area (Å²) in [5.74, 6) is -0.915. The topological polar surface area (TPSA) is 86.8 Å². The number of halogens is 3. The van der Waals surface area contributed by atoms with Gasteiger partial charge in [-0.2, -0.15) is 0 Å². The summed E-state index contributed by atoms with van der Waals surface area (Å²) >= 11 is 15.9. The fraction of sp³-hybridized carbons (Fsp3) is 0.235. The van der Waals surface area contributed by atoms with E-state index >= 15 is 0 Å². The summed E-state index contributed by atoms with van der Waals surface area (Å²) in [5.41, 5.74) is 1.77.